The maximum atomic E-state index is 12.2. The van der Waals surface area contributed by atoms with Gasteiger partial charge in [0.1, 0.15) is 0 Å². The van der Waals surface area contributed by atoms with Crippen molar-refractivity contribution in [2.24, 2.45) is 5.92 Å². The molecule has 2 saturated heterocycles. The quantitative estimate of drug-likeness (QED) is 0.925. The lowest BCUT2D eigenvalue weighted by Gasteiger charge is -2.32. The number of rotatable bonds is 4. The highest BCUT2D eigenvalue weighted by molar-refractivity contribution is 5.77. The summed E-state index contributed by atoms with van der Waals surface area (Å²) < 4.78 is 4.98. The van der Waals surface area contributed by atoms with E-state index in [1.807, 2.05) is 15.9 Å². The third-order valence-electron chi connectivity index (χ3n) is 4.85. The Morgan fingerprint density at radius 3 is 2.52 bits per heavy atom. The van der Waals surface area contributed by atoms with Crippen molar-refractivity contribution in [3.63, 3.8) is 0 Å². The predicted molar refractivity (Wildman–Crippen MR) is 85.7 cm³/mol. The highest BCUT2D eigenvalue weighted by Crippen LogP contribution is 2.22. The summed E-state index contributed by atoms with van der Waals surface area (Å²) in [6.07, 6.45) is 7.99. The molecule has 23 heavy (non-hydrogen) atoms. The van der Waals surface area contributed by atoms with Gasteiger partial charge in [0, 0.05) is 44.7 Å². The molecule has 0 bridgehead atoms. The summed E-state index contributed by atoms with van der Waals surface area (Å²) in [5.41, 5.74) is 0.962. The van der Waals surface area contributed by atoms with Crippen LogP contribution >= 0.6 is 0 Å². The molecule has 0 unspecified atom stereocenters. The summed E-state index contributed by atoms with van der Waals surface area (Å²) in [6, 6.07) is 1.81. The Balaban J connectivity index is 1.37. The number of hydrogen-bond donors (Lipinski definition) is 1. The van der Waals surface area contributed by atoms with Crippen LogP contribution in [0, 0.1) is 5.92 Å². The predicted octanol–water partition coefficient (Wildman–Crippen LogP) is 2.21. The highest BCUT2D eigenvalue weighted by Gasteiger charge is 2.26. The van der Waals surface area contributed by atoms with E-state index in [0.717, 1.165) is 57.4 Å². The van der Waals surface area contributed by atoms with Crippen LogP contribution in [0.2, 0.25) is 0 Å². The van der Waals surface area contributed by atoms with E-state index >= 15 is 0 Å². The Labute approximate surface area is 136 Å². The molecular formula is C17H25N3O3. The molecule has 1 aromatic heterocycles. The minimum atomic E-state index is -0.0319. The lowest BCUT2D eigenvalue weighted by Crippen LogP contribution is -2.44. The third kappa shape index (κ3) is 4.27. The fourth-order valence-electron chi connectivity index (χ4n) is 3.37. The lowest BCUT2D eigenvalue weighted by molar-refractivity contribution is -0.131. The van der Waals surface area contributed by atoms with Gasteiger partial charge in [-0.15, -0.1) is 0 Å². The zero-order valence-electron chi connectivity index (χ0n) is 13.5. The van der Waals surface area contributed by atoms with Crippen LogP contribution < -0.4 is 5.32 Å². The van der Waals surface area contributed by atoms with Gasteiger partial charge in [0.05, 0.1) is 12.5 Å². The largest absolute Gasteiger partial charge is 0.472 e. The van der Waals surface area contributed by atoms with Crippen LogP contribution in [0.1, 0.15) is 37.7 Å². The molecule has 0 aromatic carbocycles. The van der Waals surface area contributed by atoms with Gasteiger partial charge in [0.25, 0.3) is 0 Å². The van der Waals surface area contributed by atoms with Gasteiger partial charge in [-0.2, -0.15) is 0 Å². The maximum absolute atomic E-state index is 12.2. The topological polar surface area (TPSA) is 65.8 Å². The van der Waals surface area contributed by atoms with Crippen LogP contribution in [0.25, 0.3) is 0 Å². The van der Waals surface area contributed by atoms with Gasteiger partial charge >= 0.3 is 6.03 Å². The van der Waals surface area contributed by atoms with Gasteiger partial charge in [-0.3, -0.25) is 4.79 Å². The molecule has 6 heteroatoms. The van der Waals surface area contributed by atoms with Gasteiger partial charge in [0.15, 0.2) is 0 Å². The highest BCUT2D eigenvalue weighted by atomic mass is 16.3. The van der Waals surface area contributed by atoms with Crippen molar-refractivity contribution < 1.29 is 14.0 Å². The van der Waals surface area contributed by atoms with E-state index in [9.17, 15) is 9.59 Å². The number of amides is 3. The number of furan rings is 1. The molecule has 6 nitrogen and oxygen atoms in total. The first kappa shape index (κ1) is 15.9. The first-order valence-corrected chi connectivity index (χ1v) is 8.54. The number of carbonyl (C=O) groups excluding carboxylic acids is 2. The number of urea groups is 1. The van der Waals surface area contributed by atoms with E-state index in [0.29, 0.717) is 24.8 Å². The first-order chi connectivity index (χ1) is 11.2. The average Bonchev–Trinajstić information content (AvgIpc) is 3.26. The van der Waals surface area contributed by atoms with Crippen LogP contribution in [0.15, 0.2) is 23.0 Å². The summed E-state index contributed by atoms with van der Waals surface area (Å²) in [4.78, 5) is 28.2. The van der Waals surface area contributed by atoms with Crippen molar-refractivity contribution in [2.45, 2.75) is 38.6 Å². The molecule has 3 rings (SSSR count). The molecule has 126 valence electrons. The Kier molecular flexibility index (Phi) is 5.20. The minimum Gasteiger partial charge on any atom is -0.472 e. The van der Waals surface area contributed by atoms with Crippen LogP contribution in [0.5, 0.6) is 0 Å². The molecule has 0 saturated carbocycles. The fraction of sp³-hybridized carbons (Fsp3) is 0.647. The molecule has 0 spiro atoms. The number of carbonyl (C=O) groups is 2. The number of nitrogens with one attached hydrogen (secondary N) is 1. The first-order valence-electron chi connectivity index (χ1n) is 8.54. The van der Waals surface area contributed by atoms with Crippen LogP contribution in [-0.4, -0.2) is 47.9 Å². The number of hydrogen-bond acceptors (Lipinski definition) is 3. The number of piperidine rings is 1. The lowest BCUT2D eigenvalue weighted by atomic mass is 9.93. The minimum absolute atomic E-state index is 0.0319. The second-order valence-corrected chi connectivity index (χ2v) is 6.51. The summed E-state index contributed by atoms with van der Waals surface area (Å²) in [5.74, 6) is 0.714. The van der Waals surface area contributed by atoms with Gasteiger partial charge < -0.3 is 19.5 Å². The second-order valence-electron chi connectivity index (χ2n) is 6.51. The maximum Gasteiger partial charge on any atom is 0.317 e. The molecule has 2 fully saturated rings. The van der Waals surface area contributed by atoms with Crippen LogP contribution in [0.4, 0.5) is 4.79 Å². The molecule has 0 aliphatic carbocycles. The number of nitrogens with zero attached hydrogens (tertiary/aromatic N) is 2. The van der Waals surface area contributed by atoms with E-state index in [2.05, 4.69) is 5.32 Å². The SMILES string of the molecule is O=C(CC1CCN(C(=O)NCc2ccoc2)CC1)N1CCCC1. The molecule has 3 heterocycles. The number of likely N-dealkylation sites (tertiary alicyclic amines) is 2. The molecular weight excluding hydrogens is 294 g/mol. The summed E-state index contributed by atoms with van der Waals surface area (Å²) >= 11 is 0. The Hall–Kier alpha value is -1.98. The summed E-state index contributed by atoms with van der Waals surface area (Å²) in [6.45, 7) is 3.80. The molecule has 2 aliphatic rings. The molecule has 1 aromatic rings. The van der Waals surface area contributed by atoms with Crippen molar-refractivity contribution in [3.05, 3.63) is 24.2 Å². The average molecular weight is 319 g/mol. The third-order valence-corrected chi connectivity index (χ3v) is 4.85. The summed E-state index contributed by atoms with van der Waals surface area (Å²) in [5, 5.41) is 2.91. The zero-order valence-corrected chi connectivity index (χ0v) is 13.5. The van der Waals surface area contributed by atoms with Crippen molar-refractivity contribution in [2.75, 3.05) is 26.2 Å². The van der Waals surface area contributed by atoms with Gasteiger partial charge in [0.2, 0.25) is 5.91 Å². The van der Waals surface area contributed by atoms with Crippen LogP contribution in [-0.2, 0) is 11.3 Å². The Morgan fingerprint density at radius 2 is 1.87 bits per heavy atom. The normalized spacial score (nSPS) is 19.1. The van der Waals surface area contributed by atoms with E-state index in [1.165, 1.54) is 0 Å². The standard InChI is InChI=1S/C17H25N3O3/c21-16(19-6-1-2-7-19)11-14-3-8-20(9-4-14)17(22)18-12-15-5-10-23-13-15/h5,10,13-14H,1-4,6-9,11-12H2,(H,18,22). The summed E-state index contributed by atoms with van der Waals surface area (Å²) in [7, 11) is 0. The Bertz CT molecular complexity index is 515. The van der Waals surface area contributed by atoms with Crippen molar-refractivity contribution in [3.8, 4) is 0 Å². The van der Waals surface area contributed by atoms with Crippen molar-refractivity contribution in [1.82, 2.24) is 15.1 Å². The van der Waals surface area contributed by atoms with Crippen molar-refractivity contribution in [1.29, 1.82) is 0 Å². The zero-order chi connectivity index (χ0) is 16.1. The van der Waals surface area contributed by atoms with Crippen molar-refractivity contribution >= 4 is 11.9 Å². The fourth-order valence-corrected chi connectivity index (χ4v) is 3.37. The second kappa shape index (κ2) is 7.53. The monoisotopic (exact) mass is 319 g/mol. The van der Waals surface area contributed by atoms with E-state index < -0.39 is 0 Å². The smallest absolute Gasteiger partial charge is 0.317 e. The van der Waals surface area contributed by atoms with E-state index in [1.54, 1.807) is 12.5 Å². The van der Waals surface area contributed by atoms with Gasteiger partial charge in [-0.1, -0.05) is 0 Å². The molecule has 1 N–H and O–H groups in total. The van der Waals surface area contributed by atoms with E-state index in [-0.39, 0.29) is 6.03 Å². The van der Waals surface area contributed by atoms with Gasteiger partial charge in [-0.25, -0.2) is 4.79 Å². The molecule has 0 atom stereocenters. The molecule has 2 aliphatic heterocycles. The Morgan fingerprint density at radius 1 is 1.13 bits per heavy atom. The molecule has 3 amide bonds. The van der Waals surface area contributed by atoms with Gasteiger partial charge in [-0.05, 0) is 37.7 Å². The molecule has 0 radical (unpaired) electrons. The van der Waals surface area contributed by atoms with Crippen LogP contribution in [0.3, 0.4) is 0 Å². The van der Waals surface area contributed by atoms with E-state index in [4.69, 9.17) is 4.42 Å².